The third-order valence-corrected chi connectivity index (χ3v) is 3.58. The van der Waals surface area contributed by atoms with Crippen molar-refractivity contribution in [3.63, 3.8) is 0 Å². The van der Waals surface area contributed by atoms with Gasteiger partial charge in [-0.05, 0) is 43.3 Å². The minimum Gasteiger partial charge on any atom is -0.460 e. The molecule has 3 rings (SSSR count). The van der Waals surface area contributed by atoms with Crippen LogP contribution in [0.25, 0.3) is 0 Å². The molecule has 0 radical (unpaired) electrons. The number of benzene rings is 2. The molecule has 0 bridgehead atoms. The number of carbonyl (C=O) groups excluding carboxylic acids is 2. The van der Waals surface area contributed by atoms with E-state index in [1.54, 1.807) is 48.5 Å². The average molecular weight is 309 g/mol. The third kappa shape index (κ3) is 3.00. The fourth-order valence-corrected chi connectivity index (χ4v) is 2.31. The predicted octanol–water partition coefficient (Wildman–Crippen LogP) is 2.78. The lowest BCUT2D eigenvalue weighted by Gasteiger charge is -2.23. The Morgan fingerprint density at radius 2 is 1.87 bits per heavy atom. The van der Waals surface area contributed by atoms with E-state index in [-0.39, 0.29) is 17.1 Å². The molecule has 0 aliphatic carbocycles. The maximum Gasteiger partial charge on any atom is 0.229 e. The Bertz CT molecular complexity index is 793. The van der Waals surface area contributed by atoms with Crippen LogP contribution in [0.2, 0.25) is 0 Å². The molecular weight excluding hydrogens is 294 g/mol. The molecule has 116 valence electrons. The number of aliphatic hydroxyl groups excluding tert-OH is 1. The Balaban J connectivity index is 1.82. The number of carbonyl (C=O) groups is 2. The van der Waals surface area contributed by atoms with Crippen molar-refractivity contribution in [3.05, 3.63) is 71.4 Å². The van der Waals surface area contributed by atoms with Crippen LogP contribution in [0.1, 0.15) is 27.6 Å². The first-order chi connectivity index (χ1) is 11.1. The van der Waals surface area contributed by atoms with Gasteiger partial charge < -0.3 is 15.2 Å². The van der Waals surface area contributed by atoms with Crippen molar-refractivity contribution in [2.24, 2.45) is 0 Å². The van der Waals surface area contributed by atoms with Gasteiger partial charge in [0.15, 0.2) is 11.6 Å². The van der Waals surface area contributed by atoms with Crippen molar-refractivity contribution in [1.29, 1.82) is 0 Å². The number of ether oxygens (including phenoxy) is 1. The molecule has 0 spiro atoms. The molecule has 1 unspecified atom stereocenters. The fourth-order valence-electron chi connectivity index (χ4n) is 2.31. The van der Waals surface area contributed by atoms with Crippen molar-refractivity contribution in [2.75, 3.05) is 5.32 Å². The second kappa shape index (κ2) is 6.06. The molecule has 2 aromatic carbocycles. The zero-order valence-electron chi connectivity index (χ0n) is 12.4. The molecule has 0 amide bonds. The highest BCUT2D eigenvalue weighted by Crippen LogP contribution is 2.29. The van der Waals surface area contributed by atoms with Crippen molar-refractivity contribution < 1.29 is 19.4 Å². The molecule has 1 aliphatic heterocycles. The molecule has 23 heavy (non-hydrogen) atoms. The maximum absolute atomic E-state index is 12.4. The molecule has 0 aromatic heterocycles. The van der Waals surface area contributed by atoms with Crippen LogP contribution in [0, 0.1) is 0 Å². The summed E-state index contributed by atoms with van der Waals surface area (Å²) in [6.45, 7) is 1.50. The first-order valence-electron chi connectivity index (χ1n) is 7.12. The van der Waals surface area contributed by atoms with Gasteiger partial charge in [0.25, 0.3) is 0 Å². The summed E-state index contributed by atoms with van der Waals surface area (Å²) >= 11 is 0. The number of aliphatic hydroxyl groups is 1. The molecule has 0 saturated carbocycles. The highest BCUT2D eigenvalue weighted by molar-refractivity contribution is 6.12. The quantitative estimate of drug-likeness (QED) is 0.673. The van der Waals surface area contributed by atoms with Gasteiger partial charge in [0.2, 0.25) is 6.29 Å². The van der Waals surface area contributed by atoms with Gasteiger partial charge in [0.1, 0.15) is 5.75 Å². The first-order valence-corrected chi connectivity index (χ1v) is 7.12. The molecule has 5 nitrogen and oxygen atoms in total. The van der Waals surface area contributed by atoms with Gasteiger partial charge in [0.05, 0.1) is 11.1 Å². The largest absolute Gasteiger partial charge is 0.460 e. The number of ketones is 2. The zero-order valence-corrected chi connectivity index (χ0v) is 12.4. The van der Waals surface area contributed by atoms with Crippen molar-refractivity contribution >= 4 is 17.3 Å². The summed E-state index contributed by atoms with van der Waals surface area (Å²) < 4.78 is 5.34. The van der Waals surface area contributed by atoms with Crippen LogP contribution in [0.15, 0.2) is 60.3 Å². The summed E-state index contributed by atoms with van der Waals surface area (Å²) in [5.41, 5.74) is 1.84. The molecule has 0 saturated heterocycles. The number of rotatable bonds is 3. The van der Waals surface area contributed by atoms with E-state index in [2.05, 4.69) is 5.32 Å². The van der Waals surface area contributed by atoms with Gasteiger partial charge >= 0.3 is 0 Å². The van der Waals surface area contributed by atoms with Gasteiger partial charge in [-0.25, -0.2) is 0 Å². The maximum atomic E-state index is 12.4. The Labute approximate surface area is 133 Å². The number of hydrogen-bond acceptors (Lipinski definition) is 5. The third-order valence-electron chi connectivity index (χ3n) is 3.58. The zero-order chi connectivity index (χ0) is 16.4. The lowest BCUT2D eigenvalue weighted by molar-refractivity contribution is 0.00784. The number of nitrogens with one attached hydrogen (secondary N) is 1. The van der Waals surface area contributed by atoms with Gasteiger partial charge in [-0.1, -0.05) is 12.1 Å². The summed E-state index contributed by atoms with van der Waals surface area (Å²) in [6, 6.07) is 13.6. The van der Waals surface area contributed by atoms with Crippen molar-refractivity contribution in [1.82, 2.24) is 0 Å². The van der Waals surface area contributed by atoms with Crippen LogP contribution in [0.3, 0.4) is 0 Å². The molecule has 1 aliphatic rings. The van der Waals surface area contributed by atoms with Crippen LogP contribution in [0.4, 0.5) is 5.69 Å². The summed E-state index contributed by atoms with van der Waals surface area (Å²) in [4.78, 5) is 23.6. The Hall–Kier alpha value is -2.92. The van der Waals surface area contributed by atoms with E-state index in [0.717, 1.165) is 0 Å². The monoisotopic (exact) mass is 309 g/mol. The van der Waals surface area contributed by atoms with Crippen molar-refractivity contribution in [3.8, 4) is 5.75 Å². The van der Waals surface area contributed by atoms with Crippen LogP contribution in [-0.2, 0) is 0 Å². The molecule has 1 heterocycles. The second-order valence-electron chi connectivity index (χ2n) is 5.17. The van der Waals surface area contributed by atoms with E-state index in [0.29, 0.717) is 22.6 Å². The van der Waals surface area contributed by atoms with E-state index in [1.165, 1.54) is 13.1 Å². The summed E-state index contributed by atoms with van der Waals surface area (Å²) in [5, 5.41) is 12.9. The standard InChI is InChI=1S/C18H15NO4/c1-11(20)12-6-8-13(9-7-12)19-10-15-17(21)14-4-2-3-5-16(14)23-18(15)22/h2-10,18-19,22H,1H3/b15-10+. The lowest BCUT2D eigenvalue weighted by atomic mass is 10.00. The molecule has 2 aromatic rings. The number of fused-ring (bicyclic) bond motifs is 1. The average Bonchev–Trinajstić information content (AvgIpc) is 2.55. The Morgan fingerprint density at radius 3 is 2.57 bits per heavy atom. The molecule has 5 heteroatoms. The highest BCUT2D eigenvalue weighted by Gasteiger charge is 2.30. The predicted molar refractivity (Wildman–Crippen MR) is 85.6 cm³/mol. The Kier molecular flexibility index (Phi) is 3.95. The van der Waals surface area contributed by atoms with Crippen LogP contribution in [0.5, 0.6) is 5.75 Å². The second-order valence-corrected chi connectivity index (χ2v) is 5.17. The Morgan fingerprint density at radius 1 is 1.17 bits per heavy atom. The molecule has 0 fully saturated rings. The fraction of sp³-hybridized carbons (Fsp3) is 0.111. The number of Topliss-reactive ketones (excluding diaryl/α,β-unsaturated/α-hetero) is 2. The van der Waals surface area contributed by atoms with Gasteiger partial charge in [0, 0.05) is 17.5 Å². The highest BCUT2D eigenvalue weighted by atomic mass is 16.6. The lowest BCUT2D eigenvalue weighted by Crippen LogP contribution is -2.30. The number of hydrogen-bond donors (Lipinski definition) is 2. The van der Waals surface area contributed by atoms with Gasteiger partial charge in [-0.2, -0.15) is 0 Å². The molecule has 2 N–H and O–H groups in total. The summed E-state index contributed by atoms with van der Waals surface area (Å²) in [6.07, 6.45) is 0.104. The molecular formula is C18H15NO4. The van der Waals surface area contributed by atoms with Crippen molar-refractivity contribution in [2.45, 2.75) is 13.2 Å². The van der Waals surface area contributed by atoms with E-state index in [1.807, 2.05) is 0 Å². The van der Waals surface area contributed by atoms with Crippen LogP contribution >= 0.6 is 0 Å². The van der Waals surface area contributed by atoms with E-state index >= 15 is 0 Å². The first kappa shape index (κ1) is 15.0. The minimum atomic E-state index is -1.32. The smallest absolute Gasteiger partial charge is 0.229 e. The SMILES string of the molecule is CC(=O)c1ccc(N/C=C2\C(=O)c3ccccc3OC2O)cc1. The van der Waals surface area contributed by atoms with Crippen LogP contribution in [-0.4, -0.2) is 23.0 Å². The van der Waals surface area contributed by atoms with Gasteiger partial charge in [-0.15, -0.1) is 0 Å². The number of anilines is 1. The normalized spacial score (nSPS) is 18.3. The molecule has 1 atom stereocenters. The number of para-hydroxylation sites is 1. The minimum absolute atomic E-state index is 0.0159. The summed E-state index contributed by atoms with van der Waals surface area (Å²) in [5.74, 6) is 0.0676. The summed E-state index contributed by atoms with van der Waals surface area (Å²) in [7, 11) is 0. The van der Waals surface area contributed by atoms with Gasteiger partial charge in [-0.3, -0.25) is 9.59 Å². The van der Waals surface area contributed by atoms with E-state index in [9.17, 15) is 14.7 Å². The van der Waals surface area contributed by atoms with E-state index in [4.69, 9.17) is 4.74 Å². The van der Waals surface area contributed by atoms with E-state index < -0.39 is 6.29 Å². The topological polar surface area (TPSA) is 75.6 Å². The van der Waals surface area contributed by atoms with Crippen LogP contribution < -0.4 is 10.1 Å².